The lowest BCUT2D eigenvalue weighted by Gasteiger charge is -2.21. The second kappa shape index (κ2) is 5.35. The summed E-state index contributed by atoms with van der Waals surface area (Å²) in [4.78, 5) is 22.5. The van der Waals surface area contributed by atoms with Crippen molar-refractivity contribution in [1.29, 1.82) is 0 Å². The minimum absolute atomic E-state index is 0.0536. The molecule has 0 saturated heterocycles. The molecule has 1 aromatic carbocycles. The molecule has 6 heteroatoms. The van der Waals surface area contributed by atoms with Crippen molar-refractivity contribution in [2.75, 3.05) is 0 Å². The molecule has 0 spiro atoms. The number of halogens is 2. The van der Waals surface area contributed by atoms with Gasteiger partial charge in [-0.15, -0.1) is 0 Å². The van der Waals surface area contributed by atoms with E-state index in [4.69, 9.17) is 16.7 Å². The van der Waals surface area contributed by atoms with Gasteiger partial charge in [0.25, 0.3) is 0 Å². The van der Waals surface area contributed by atoms with E-state index in [-0.39, 0.29) is 17.0 Å². The molecule has 0 aliphatic rings. The lowest BCUT2D eigenvalue weighted by Crippen LogP contribution is -2.50. The molecule has 0 radical (unpaired) electrons. The van der Waals surface area contributed by atoms with Crippen LogP contribution in [-0.2, 0) is 16.0 Å². The van der Waals surface area contributed by atoms with Crippen molar-refractivity contribution in [2.24, 2.45) is 0 Å². The summed E-state index contributed by atoms with van der Waals surface area (Å²) in [5.41, 5.74) is -1.35. The molecule has 1 amide bonds. The number of hydrogen-bond acceptors (Lipinski definition) is 2. The highest BCUT2D eigenvalue weighted by atomic mass is 35.5. The van der Waals surface area contributed by atoms with Crippen LogP contribution in [0.4, 0.5) is 4.39 Å². The van der Waals surface area contributed by atoms with Gasteiger partial charge in [-0.2, -0.15) is 0 Å². The summed E-state index contributed by atoms with van der Waals surface area (Å²) in [6, 6.07) is 4.09. The molecule has 0 atom stereocenters. The van der Waals surface area contributed by atoms with E-state index in [1.54, 1.807) is 0 Å². The van der Waals surface area contributed by atoms with Gasteiger partial charge in [0.05, 0.1) is 6.42 Å². The number of rotatable bonds is 4. The highest BCUT2D eigenvalue weighted by Crippen LogP contribution is 2.19. The van der Waals surface area contributed by atoms with Gasteiger partial charge in [-0.3, -0.25) is 4.79 Å². The molecule has 2 N–H and O–H groups in total. The minimum Gasteiger partial charge on any atom is -0.480 e. The van der Waals surface area contributed by atoms with Gasteiger partial charge in [-0.25, -0.2) is 9.18 Å². The van der Waals surface area contributed by atoms with Crippen molar-refractivity contribution < 1.29 is 19.1 Å². The fourth-order valence-corrected chi connectivity index (χ4v) is 1.54. The van der Waals surface area contributed by atoms with Crippen LogP contribution in [0.25, 0.3) is 0 Å². The first kappa shape index (κ1) is 14.4. The molecule has 0 unspecified atom stereocenters. The zero-order valence-electron chi connectivity index (χ0n) is 9.96. The van der Waals surface area contributed by atoms with Gasteiger partial charge in [0.2, 0.25) is 5.91 Å². The van der Waals surface area contributed by atoms with Gasteiger partial charge in [0.15, 0.2) is 0 Å². The molecule has 0 aliphatic heterocycles. The van der Waals surface area contributed by atoms with E-state index in [1.807, 2.05) is 0 Å². The Bertz CT molecular complexity index is 468. The van der Waals surface area contributed by atoms with E-state index in [0.29, 0.717) is 0 Å². The lowest BCUT2D eigenvalue weighted by atomic mass is 10.0. The van der Waals surface area contributed by atoms with E-state index in [1.165, 1.54) is 32.0 Å². The van der Waals surface area contributed by atoms with Crippen LogP contribution in [0, 0.1) is 5.82 Å². The van der Waals surface area contributed by atoms with Crippen LogP contribution in [0.3, 0.4) is 0 Å². The molecular formula is C12H13ClFNO3. The third-order valence-corrected chi connectivity index (χ3v) is 2.74. The van der Waals surface area contributed by atoms with Gasteiger partial charge in [0, 0.05) is 10.6 Å². The fourth-order valence-electron chi connectivity index (χ4n) is 1.31. The maximum absolute atomic E-state index is 13.4. The Labute approximate surface area is 109 Å². The van der Waals surface area contributed by atoms with E-state index in [9.17, 15) is 14.0 Å². The van der Waals surface area contributed by atoms with Gasteiger partial charge in [0.1, 0.15) is 11.4 Å². The normalized spacial score (nSPS) is 11.1. The Morgan fingerprint density at radius 3 is 2.56 bits per heavy atom. The molecule has 1 rings (SSSR count). The van der Waals surface area contributed by atoms with Crippen molar-refractivity contribution in [3.8, 4) is 0 Å². The van der Waals surface area contributed by atoms with Crippen LogP contribution in [-0.4, -0.2) is 22.5 Å². The molecular weight excluding hydrogens is 261 g/mol. The van der Waals surface area contributed by atoms with Crippen LogP contribution >= 0.6 is 11.6 Å². The third kappa shape index (κ3) is 3.43. The summed E-state index contributed by atoms with van der Waals surface area (Å²) in [7, 11) is 0. The van der Waals surface area contributed by atoms with Crippen molar-refractivity contribution in [1.82, 2.24) is 5.32 Å². The lowest BCUT2D eigenvalue weighted by molar-refractivity contribution is -0.145. The zero-order chi connectivity index (χ0) is 13.9. The topological polar surface area (TPSA) is 66.4 Å². The molecule has 0 bridgehead atoms. The van der Waals surface area contributed by atoms with Crippen molar-refractivity contribution >= 4 is 23.5 Å². The third-order valence-electron chi connectivity index (χ3n) is 2.39. The average molecular weight is 274 g/mol. The Kier molecular flexibility index (Phi) is 4.29. The number of carboxylic acid groups (broad SMARTS) is 1. The number of aliphatic carboxylic acids is 1. The summed E-state index contributed by atoms with van der Waals surface area (Å²) >= 11 is 5.77. The van der Waals surface area contributed by atoms with E-state index >= 15 is 0 Å². The second-order valence-electron chi connectivity index (χ2n) is 4.36. The Morgan fingerprint density at radius 1 is 1.44 bits per heavy atom. The molecule has 0 heterocycles. The van der Waals surface area contributed by atoms with Crippen LogP contribution in [0.15, 0.2) is 18.2 Å². The maximum Gasteiger partial charge on any atom is 0.328 e. The molecule has 0 aromatic heterocycles. The van der Waals surface area contributed by atoms with Gasteiger partial charge in [-0.05, 0) is 26.0 Å². The van der Waals surface area contributed by atoms with Gasteiger partial charge in [-0.1, -0.05) is 17.7 Å². The van der Waals surface area contributed by atoms with Crippen LogP contribution < -0.4 is 5.32 Å². The predicted molar refractivity (Wildman–Crippen MR) is 65.0 cm³/mol. The summed E-state index contributed by atoms with van der Waals surface area (Å²) in [5, 5.41) is 11.3. The van der Waals surface area contributed by atoms with E-state index < -0.39 is 23.2 Å². The number of benzene rings is 1. The largest absolute Gasteiger partial charge is 0.480 e. The number of carboxylic acids is 1. The van der Waals surface area contributed by atoms with Gasteiger partial charge < -0.3 is 10.4 Å². The molecule has 0 saturated carbocycles. The quantitative estimate of drug-likeness (QED) is 0.882. The van der Waals surface area contributed by atoms with Crippen molar-refractivity contribution in [3.63, 3.8) is 0 Å². The first-order chi connectivity index (χ1) is 8.24. The number of nitrogens with one attached hydrogen (secondary N) is 1. The maximum atomic E-state index is 13.4. The molecule has 98 valence electrons. The number of hydrogen-bond donors (Lipinski definition) is 2. The Morgan fingerprint density at radius 2 is 2.06 bits per heavy atom. The average Bonchev–Trinajstić information content (AvgIpc) is 2.22. The molecule has 0 fully saturated rings. The SMILES string of the molecule is CC(C)(NC(=O)Cc1c(F)cccc1Cl)C(=O)O. The first-order valence-corrected chi connectivity index (χ1v) is 5.59. The van der Waals surface area contributed by atoms with E-state index in [0.717, 1.165) is 0 Å². The summed E-state index contributed by atoms with van der Waals surface area (Å²) in [6.45, 7) is 2.69. The number of carbonyl (C=O) groups excluding carboxylic acids is 1. The second-order valence-corrected chi connectivity index (χ2v) is 4.76. The Balaban J connectivity index is 2.80. The number of amides is 1. The van der Waals surface area contributed by atoms with Crippen LogP contribution in [0.2, 0.25) is 5.02 Å². The minimum atomic E-state index is -1.41. The molecule has 18 heavy (non-hydrogen) atoms. The highest BCUT2D eigenvalue weighted by molar-refractivity contribution is 6.31. The zero-order valence-corrected chi connectivity index (χ0v) is 10.7. The fraction of sp³-hybridized carbons (Fsp3) is 0.333. The highest BCUT2D eigenvalue weighted by Gasteiger charge is 2.29. The summed E-state index contributed by atoms with van der Waals surface area (Å²) < 4.78 is 13.4. The number of carbonyl (C=O) groups is 2. The standard InChI is InChI=1S/C12H13ClFNO3/c1-12(2,11(17)18)15-10(16)6-7-8(13)4-3-5-9(7)14/h3-5H,6H2,1-2H3,(H,15,16)(H,17,18). The monoisotopic (exact) mass is 273 g/mol. The molecule has 1 aromatic rings. The van der Waals surface area contributed by atoms with Crippen molar-refractivity contribution in [3.05, 3.63) is 34.6 Å². The summed E-state index contributed by atoms with van der Waals surface area (Å²) in [5.74, 6) is -2.37. The van der Waals surface area contributed by atoms with E-state index in [2.05, 4.69) is 5.32 Å². The molecule has 4 nitrogen and oxygen atoms in total. The summed E-state index contributed by atoms with van der Waals surface area (Å²) in [6.07, 6.45) is -0.303. The van der Waals surface area contributed by atoms with Crippen LogP contribution in [0.5, 0.6) is 0 Å². The first-order valence-electron chi connectivity index (χ1n) is 5.21. The van der Waals surface area contributed by atoms with Crippen molar-refractivity contribution in [2.45, 2.75) is 25.8 Å². The Hall–Kier alpha value is -1.62. The smallest absolute Gasteiger partial charge is 0.328 e. The predicted octanol–water partition coefficient (Wildman–Crippen LogP) is 2.00. The van der Waals surface area contributed by atoms with Gasteiger partial charge >= 0.3 is 5.97 Å². The molecule has 0 aliphatic carbocycles. The van der Waals surface area contributed by atoms with Crippen LogP contribution in [0.1, 0.15) is 19.4 Å².